The van der Waals surface area contributed by atoms with Gasteiger partial charge < -0.3 is 20.1 Å². The average Bonchev–Trinajstić information content (AvgIpc) is 3.63. The molecule has 0 radical (unpaired) electrons. The summed E-state index contributed by atoms with van der Waals surface area (Å²) in [6.45, 7) is 5.74. The number of amidine groups is 1. The van der Waals surface area contributed by atoms with Crippen LogP contribution >= 0.6 is 0 Å². The number of phenolic OH excluding ortho intramolecular Hbond substituents is 1. The van der Waals surface area contributed by atoms with Gasteiger partial charge in [-0.25, -0.2) is 4.39 Å². The quantitative estimate of drug-likeness (QED) is 0.457. The molecule has 3 saturated heterocycles. The van der Waals surface area contributed by atoms with Crippen molar-refractivity contribution in [2.75, 3.05) is 46.4 Å². The van der Waals surface area contributed by atoms with Crippen molar-refractivity contribution >= 4 is 22.2 Å². The van der Waals surface area contributed by atoms with Crippen LogP contribution in [0.25, 0.3) is 16.3 Å². The third-order valence-corrected chi connectivity index (χ3v) is 10.7. The van der Waals surface area contributed by atoms with E-state index in [0.29, 0.717) is 40.3 Å². The minimum absolute atomic E-state index is 0.0846. The van der Waals surface area contributed by atoms with Crippen LogP contribution < -0.4 is 5.32 Å². The number of nitrogens with one attached hydrogen (secondary N) is 1. The fraction of sp³-hybridized carbons (Fsp3) is 0.472. The molecule has 4 fully saturated rings. The molecule has 8 heteroatoms. The number of rotatable bonds is 7. The molecular formula is C36H40FN5O2. The van der Waals surface area contributed by atoms with E-state index >= 15 is 4.39 Å². The summed E-state index contributed by atoms with van der Waals surface area (Å²) < 4.78 is 22.0. The molecule has 1 saturated carbocycles. The van der Waals surface area contributed by atoms with E-state index in [-0.39, 0.29) is 17.6 Å². The SMILES string of the molecule is C#Cc1cccc2cc(O)cc(C3=CC=C4C(N5CC6CCC(C5)N6)=NN(CCC5(CN6CC(OC)C6)CC5)C4C=C3F)c12. The molecule has 2 aromatic rings. The van der Waals surface area contributed by atoms with Crippen LogP contribution in [0.1, 0.15) is 43.2 Å². The molecule has 6 aliphatic rings. The Hall–Kier alpha value is -3.64. The topological polar surface area (TPSA) is 63.6 Å². The van der Waals surface area contributed by atoms with Crippen molar-refractivity contribution < 1.29 is 14.2 Å². The molecule has 3 atom stereocenters. The van der Waals surface area contributed by atoms with Crippen LogP contribution in [0.3, 0.4) is 0 Å². The van der Waals surface area contributed by atoms with Gasteiger partial charge in [0.2, 0.25) is 0 Å². The first-order chi connectivity index (χ1) is 21.4. The number of aromatic hydroxyl groups is 1. The second kappa shape index (κ2) is 10.8. The fourth-order valence-electron chi connectivity index (χ4n) is 8.02. The molecule has 3 unspecified atom stereocenters. The third-order valence-electron chi connectivity index (χ3n) is 10.7. The first-order valence-corrected chi connectivity index (χ1v) is 16.1. The van der Waals surface area contributed by atoms with Gasteiger partial charge in [-0.1, -0.05) is 30.2 Å². The van der Waals surface area contributed by atoms with E-state index in [9.17, 15) is 5.11 Å². The predicted molar refractivity (Wildman–Crippen MR) is 172 cm³/mol. The Morgan fingerprint density at radius 1 is 1.14 bits per heavy atom. The Morgan fingerprint density at radius 3 is 2.66 bits per heavy atom. The summed E-state index contributed by atoms with van der Waals surface area (Å²) in [6.07, 6.45) is 17.7. The normalized spacial score (nSPS) is 27.6. The van der Waals surface area contributed by atoms with Crippen molar-refractivity contribution in [1.29, 1.82) is 0 Å². The van der Waals surface area contributed by atoms with Gasteiger partial charge in [0.1, 0.15) is 11.6 Å². The lowest BCUT2D eigenvalue weighted by Gasteiger charge is -2.40. The van der Waals surface area contributed by atoms with Crippen LogP contribution in [0.2, 0.25) is 0 Å². The number of hydrogen-bond acceptors (Lipinski definition) is 7. The number of benzene rings is 2. The van der Waals surface area contributed by atoms with E-state index in [2.05, 4.69) is 32.1 Å². The summed E-state index contributed by atoms with van der Waals surface area (Å²) >= 11 is 0. The molecule has 4 heterocycles. The Bertz CT molecular complexity index is 1650. The molecule has 8 rings (SSSR count). The van der Waals surface area contributed by atoms with Crippen molar-refractivity contribution in [3.63, 3.8) is 0 Å². The average molecular weight is 594 g/mol. The molecule has 4 aliphatic heterocycles. The van der Waals surface area contributed by atoms with Gasteiger partial charge in [0.25, 0.3) is 0 Å². The van der Waals surface area contributed by atoms with Gasteiger partial charge in [-0.05, 0) is 72.7 Å². The van der Waals surface area contributed by atoms with E-state index in [0.717, 1.165) is 67.9 Å². The molecule has 228 valence electrons. The molecule has 0 aromatic heterocycles. The number of phenols is 1. The molecular weight excluding hydrogens is 553 g/mol. The largest absolute Gasteiger partial charge is 0.508 e. The van der Waals surface area contributed by atoms with Crippen molar-refractivity contribution in [3.8, 4) is 18.1 Å². The number of hydrogen-bond donors (Lipinski definition) is 2. The Kier molecular flexibility index (Phi) is 6.82. The summed E-state index contributed by atoms with van der Waals surface area (Å²) in [5, 5.41) is 23.3. The van der Waals surface area contributed by atoms with Crippen LogP contribution in [-0.2, 0) is 4.74 Å². The summed E-state index contributed by atoms with van der Waals surface area (Å²) in [5.74, 6) is 3.49. The zero-order valence-corrected chi connectivity index (χ0v) is 25.3. The monoisotopic (exact) mass is 593 g/mol. The number of piperazine rings is 1. The van der Waals surface area contributed by atoms with E-state index in [1.165, 1.54) is 25.7 Å². The first-order valence-electron chi connectivity index (χ1n) is 16.1. The highest BCUT2D eigenvalue weighted by Crippen LogP contribution is 2.50. The van der Waals surface area contributed by atoms with E-state index in [1.54, 1.807) is 25.3 Å². The summed E-state index contributed by atoms with van der Waals surface area (Å²) in [4.78, 5) is 4.92. The molecule has 2 N–H and O–H groups in total. The van der Waals surface area contributed by atoms with Crippen LogP contribution in [0, 0.1) is 17.8 Å². The third kappa shape index (κ3) is 4.92. The summed E-state index contributed by atoms with van der Waals surface area (Å²) in [7, 11) is 1.80. The van der Waals surface area contributed by atoms with Gasteiger partial charge in [-0.3, -0.25) is 9.91 Å². The van der Waals surface area contributed by atoms with Gasteiger partial charge in [-0.2, -0.15) is 5.10 Å². The maximum atomic E-state index is 16.5. The van der Waals surface area contributed by atoms with Crippen LogP contribution in [0.15, 0.2) is 65.1 Å². The standard InChI is InChI=1S/C36H40FN5O2/c1-3-23-5-4-6-24-15-27(43)16-31(34(23)24)29-9-10-30-33(17-32(29)37)42(39-35(30)41-18-25-7-8-26(19-41)38-25)14-13-36(11-12-36)22-40-20-28(21-40)44-2/h1,4-6,9-10,15-17,25-26,28,33,38,43H,7-8,11-14,18-22H2,2H3. The zero-order valence-electron chi connectivity index (χ0n) is 25.3. The number of nitrogens with zero attached hydrogens (tertiary/aromatic N) is 4. The van der Waals surface area contributed by atoms with Crippen molar-refractivity contribution in [3.05, 3.63) is 71.1 Å². The van der Waals surface area contributed by atoms with Crippen LogP contribution in [-0.4, -0.2) is 96.4 Å². The number of ether oxygens (including phenoxy) is 1. The van der Waals surface area contributed by atoms with Gasteiger partial charge in [-0.15, -0.1) is 6.42 Å². The maximum absolute atomic E-state index is 16.5. The zero-order chi connectivity index (χ0) is 30.0. The van der Waals surface area contributed by atoms with Crippen molar-refractivity contribution in [1.82, 2.24) is 20.1 Å². The lowest BCUT2D eigenvalue weighted by atomic mass is 9.93. The summed E-state index contributed by atoms with van der Waals surface area (Å²) in [6, 6.07) is 9.59. The number of terminal acetylenes is 1. The number of halogens is 1. The number of allylic oxidation sites excluding steroid dienone is 4. The van der Waals surface area contributed by atoms with Gasteiger partial charge >= 0.3 is 0 Å². The Labute approximate surface area is 258 Å². The van der Waals surface area contributed by atoms with Crippen molar-refractivity contribution in [2.24, 2.45) is 10.5 Å². The van der Waals surface area contributed by atoms with Gasteiger partial charge in [0.05, 0.1) is 12.1 Å². The Balaban J connectivity index is 1.13. The number of hydrazone groups is 1. The smallest absolute Gasteiger partial charge is 0.154 e. The molecule has 2 aliphatic carbocycles. The van der Waals surface area contributed by atoms with Gasteiger partial charge in [0, 0.05) is 80.6 Å². The highest BCUT2D eigenvalue weighted by Gasteiger charge is 2.47. The number of likely N-dealkylation sites (tertiary alicyclic amines) is 2. The minimum Gasteiger partial charge on any atom is -0.508 e. The summed E-state index contributed by atoms with van der Waals surface area (Å²) in [5.41, 5.74) is 3.06. The number of methoxy groups -OCH3 is 1. The highest BCUT2D eigenvalue weighted by molar-refractivity contribution is 6.05. The lowest BCUT2D eigenvalue weighted by Crippen LogP contribution is -2.53. The minimum atomic E-state index is -0.325. The maximum Gasteiger partial charge on any atom is 0.154 e. The van der Waals surface area contributed by atoms with E-state index in [1.807, 2.05) is 24.3 Å². The lowest BCUT2D eigenvalue weighted by molar-refractivity contribution is -0.0389. The molecule has 2 bridgehead atoms. The number of fused-ring (bicyclic) bond motifs is 4. The highest BCUT2D eigenvalue weighted by atomic mass is 19.1. The second-order valence-corrected chi connectivity index (χ2v) is 13.6. The second-order valence-electron chi connectivity index (χ2n) is 13.6. The molecule has 44 heavy (non-hydrogen) atoms. The van der Waals surface area contributed by atoms with Crippen molar-refractivity contribution in [2.45, 2.75) is 56.3 Å². The van der Waals surface area contributed by atoms with Gasteiger partial charge in [0.15, 0.2) is 5.84 Å². The van der Waals surface area contributed by atoms with Crippen LogP contribution in [0.5, 0.6) is 5.75 Å². The molecule has 7 nitrogen and oxygen atoms in total. The Morgan fingerprint density at radius 2 is 1.93 bits per heavy atom. The molecule has 2 aromatic carbocycles. The predicted octanol–water partition coefficient (Wildman–Crippen LogP) is 4.64. The van der Waals surface area contributed by atoms with E-state index < -0.39 is 0 Å². The fourth-order valence-corrected chi connectivity index (χ4v) is 8.02. The van der Waals surface area contributed by atoms with E-state index in [4.69, 9.17) is 16.3 Å². The first kappa shape index (κ1) is 27.9. The molecule has 0 amide bonds. The molecule has 0 spiro atoms. The van der Waals surface area contributed by atoms with Crippen LogP contribution in [0.4, 0.5) is 4.39 Å².